The van der Waals surface area contributed by atoms with E-state index in [-0.39, 0.29) is 6.04 Å². The molecule has 0 N–H and O–H groups in total. The van der Waals surface area contributed by atoms with Crippen molar-refractivity contribution in [3.63, 3.8) is 0 Å². The molecule has 156 valence electrons. The Bertz CT molecular complexity index is 760. The third-order valence-corrected chi connectivity index (χ3v) is 6.62. The lowest BCUT2D eigenvalue weighted by atomic mass is 10.1. The number of amides is 1. The smallest absolute Gasteiger partial charge is 0.224 e. The average molecular weight is 411 g/mol. The second kappa shape index (κ2) is 10.8. The standard InChI is InChI=1S/C25H34N2OS/c1-20(2)18-26-14-13-25(28)27(16-15-26)23(17-22-7-5-4-6-8-22)19-29-24-11-9-21(3)10-12-24/h4-12,20,23H,13-19H2,1-3H3/t23-/m0/s1. The summed E-state index contributed by atoms with van der Waals surface area (Å²) in [6.07, 6.45) is 1.54. The van der Waals surface area contributed by atoms with Gasteiger partial charge in [0.05, 0.1) is 0 Å². The van der Waals surface area contributed by atoms with Gasteiger partial charge in [0.15, 0.2) is 0 Å². The molecule has 4 heteroatoms. The van der Waals surface area contributed by atoms with Crippen LogP contribution in [0.3, 0.4) is 0 Å². The first-order valence-corrected chi connectivity index (χ1v) is 11.7. The molecule has 0 saturated carbocycles. The minimum absolute atomic E-state index is 0.218. The molecule has 1 fully saturated rings. The van der Waals surface area contributed by atoms with E-state index in [1.807, 2.05) is 11.8 Å². The van der Waals surface area contributed by atoms with Crippen LogP contribution in [-0.4, -0.2) is 53.7 Å². The van der Waals surface area contributed by atoms with Gasteiger partial charge in [-0.3, -0.25) is 4.79 Å². The fourth-order valence-corrected chi connectivity index (χ4v) is 4.95. The van der Waals surface area contributed by atoms with Crippen molar-refractivity contribution in [3.8, 4) is 0 Å². The van der Waals surface area contributed by atoms with E-state index in [1.54, 1.807) is 0 Å². The predicted octanol–water partition coefficient (Wildman–Crippen LogP) is 4.89. The molecule has 2 aromatic carbocycles. The number of carbonyl (C=O) groups is 1. The summed E-state index contributed by atoms with van der Waals surface area (Å²) in [4.78, 5) is 18.9. The summed E-state index contributed by atoms with van der Waals surface area (Å²) in [5.41, 5.74) is 2.58. The zero-order chi connectivity index (χ0) is 20.6. The second-order valence-corrected chi connectivity index (χ2v) is 9.59. The fourth-order valence-electron chi connectivity index (χ4n) is 3.94. The lowest BCUT2D eigenvalue weighted by Crippen LogP contribution is -2.44. The largest absolute Gasteiger partial charge is 0.337 e. The van der Waals surface area contributed by atoms with Crippen molar-refractivity contribution >= 4 is 17.7 Å². The molecule has 1 saturated heterocycles. The summed E-state index contributed by atoms with van der Waals surface area (Å²) in [6, 6.07) is 19.5. The van der Waals surface area contributed by atoms with E-state index in [1.165, 1.54) is 16.0 Å². The van der Waals surface area contributed by atoms with Gasteiger partial charge in [0.2, 0.25) is 5.91 Å². The molecule has 1 aliphatic rings. The normalized spacial score (nSPS) is 16.8. The molecule has 1 aliphatic heterocycles. The van der Waals surface area contributed by atoms with E-state index in [0.717, 1.165) is 38.4 Å². The minimum Gasteiger partial charge on any atom is -0.337 e. The SMILES string of the molecule is Cc1ccc(SC[C@H](Cc2ccccc2)N2CCN(CC(C)C)CCC2=O)cc1. The molecule has 1 amide bonds. The molecule has 3 nitrogen and oxygen atoms in total. The maximum absolute atomic E-state index is 13.0. The van der Waals surface area contributed by atoms with Crippen LogP contribution in [0.1, 0.15) is 31.4 Å². The van der Waals surface area contributed by atoms with Gasteiger partial charge in [0.1, 0.15) is 0 Å². The third kappa shape index (κ3) is 6.90. The van der Waals surface area contributed by atoms with Gasteiger partial charge in [0.25, 0.3) is 0 Å². The van der Waals surface area contributed by atoms with E-state index in [9.17, 15) is 4.79 Å². The molecule has 29 heavy (non-hydrogen) atoms. The number of hydrogen-bond acceptors (Lipinski definition) is 3. The lowest BCUT2D eigenvalue weighted by Gasteiger charge is -2.31. The molecule has 1 heterocycles. The topological polar surface area (TPSA) is 23.6 Å². The maximum Gasteiger partial charge on any atom is 0.224 e. The number of rotatable bonds is 8. The Balaban J connectivity index is 1.72. The van der Waals surface area contributed by atoms with Crippen LogP contribution in [0, 0.1) is 12.8 Å². The predicted molar refractivity (Wildman–Crippen MR) is 123 cm³/mol. The number of nitrogens with zero attached hydrogens (tertiary/aromatic N) is 2. The molecule has 3 rings (SSSR count). The summed E-state index contributed by atoms with van der Waals surface area (Å²) in [5, 5.41) is 0. The molecular weight excluding hydrogens is 376 g/mol. The highest BCUT2D eigenvalue weighted by Gasteiger charge is 2.27. The highest BCUT2D eigenvalue weighted by molar-refractivity contribution is 7.99. The third-order valence-electron chi connectivity index (χ3n) is 5.46. The van der Waals surface area contributed by atoms with Crippen molar-refractivity contribution in [1.29, 1.82) is 0 Å². The van der Waals surface area contributed by atoms with Crippen LogP contribution in [0.15, 0.2) is 59.5 Å². The van der Waals surface area contributed by atoms with E-state index in [0.29, 0.717) is 18.2 Å². The van der Waals surface area contributed by atoms with Crippen molar-refractivity contribution in [3.05, 3.63) is 65.7 Å². The quantitative estimate of drug-likeness (QED) is 0.579. The lowest BCUT2D eigenvalue weighted by molar-refractivity contribution is -0.132. The molecule has 0 unspecified atom stereocenters. The van der Waals surface area contributed by atoms with Gasteiger partial charge in [0, 0.05) is 49.3 Å². The van der Waals surface area contributed by atoms with Crippen LogP contribution in [0.25, 0.3) is 0 Å². The maximum atomic E-state index is 13.0. The van der Waals surface area contributed by atoms with Crippen molar-refractivity contribution in [2.45, 2.75) is 44.6 Å². The van der Waals surface area contributed by atoms with Crippen molar-refractivity contribution < 1.29 is 4.79 Å². The molecule has 0 bridgehead atoms. The first-order chi connectivity index (χ1) is 14.0. The second-order valence-electron chi connectivity index (χ2n) is 8.50. The Kier molecular flexibility index (Phi) is 8.19. The fraction of sp³-hybridized carbons (Fsp3) is 0.480. The van der Waals surface area contributed by atoms with Gasteiger partial charge < -0.3 is 9.80 Å². The van der Waals surface area contributed by atoms with Crippen LogP contribution in [0.2, 0.25) is 0 Å². The highest BCUT2D eigenvalue weighted by Crippen LogP contribution is 2.24. The molecule has 0 spiro atoms. The molecule has 1 atom stereocenters. The van der Waals surface area contributed by atoms with Gasteiger partial charge in [-0.2, -0.15) is 0 Å². The number of aryl methyl sites for hydroxylation is 1. The van der Waals surface area contributed by atoms with Crippen LogP contribution in [0.5, 0.6) is 0 Å². The zero-order valence-electron chi connectivity index (χ0n) is 18.0. The first-order valence-electron chi connectivity index (χ1n) is 10.8. The Hall–Kier alpha value is -1.78. The van der Waals surface area contributed by atoms with Crippen LogP contribution in [0.4, 0.5) is 0 Å². The summed E-state index contributed by atoms with van der Waals surface area (Å²) < 4.78 is 0. The van der Waals surface area contributed by atoms with Crippen LogP contribution < -0.4 is 0 Å². The van der Waals surface area contributed by atoms with Gasteiger partial charge >= 0.3 is 0 Å². The summed E-state index contributed by atoms with van der Waals surface area (Å²) in [6.45, 7) is 10.4. The van der Waals surface area contributed by atoms with E-state index in [2.05, 4.69) is 85.2 Å². The van der Waals surface area contributed by atoms with Gasteiger partial charge in [-0.1, -0.05) is 61.9 Å². The summed E-state index contributed by atoms with van der Waals surface area (Å²) in [5.74, 6) is 1.86. The monoisotopic (exact) mass is 410 g/mol. The Morgan fingerprint density at radius 3 is 2.38 bits per heavy atom. The van der Waals surface area contributed by atoms with E-state index in [4.69, 9.17) is 0 Å². The van der Waals surface area contributed by atoms with Crippen LogP contribution in [-0.2, 0) is 11.2 Å². The van der Waals surface area contributed by atoms with Gasteiger partial charge in [-0.15, -0.1) is 11.8 Å². The molecular formula is C25H34N2OS. The Labute approximate surface area is 180 Å². The number of thioether (sulfide) groups is 1. The minimum atomic E-state index is 0.218. The van der Waals surface area contributed by atoms with Crippen molar-refractivity contribution in [2.24, 2.45) is 5.92 Å². The summed E-state index contributed by atoms with van der Waals surface area (Å²) >= 11 is 1.86. The average Bonchev–Trinajstić information content (AvgIpc) is 2.88. The van der Waals surface area contributed by atoms with Crippen molar-refractivity contribution in [2.75, 3.05) is 31.9 Å². The van der Waals surface area contributed by atoms with Gasteiger partial charge in [-0.25, -0.2) is 0 Å². The molecule has 0 aromatic heterocycles. The Morgan fingerprint density at radius 2 is 1.69 bits per heavy atom. The molecule has 0 radical (unpaired) electrons. The van der Waals surface area contributed by atoms with Crippen LogP contribution >= 0.6 is 11.8 Å². The van der Waals surface area contributed by atoms with E-state index >= 15 is 0 Å². The van der Waals surface area contributed by atoms with Gasteiger partial charge in [-0.05, 0) is 37.0 Å². The highest BCUT2D eigenvalue weighted by atomic mass is 32.2. The first kappa shape index (κ1) is 21.9. The van der Waals surface area contributed by atoms with E-state index < -0.39 is 0 Å². The number of hydrogen-bond donors (Lipinski definition) is 0. The number of carbonyl (C=O) groups excluding carboxylic acids is 1. The number of benzene rings is 2. The molecule has 2 aromatic rings. The Morgan fingerprint density at radius 1 is 0.966 bits per heavy atom. The zero-order valence-corrected chi connectivity index (χ0v) is 18.8. The van der Waals surface area contributed by atoms with Crippen molar-refractivity contribution in [1.82, 2.24) is 9.80 Å². The summed E-state index contributed by atoms with van der Waals surface area (Å²) in [7, 11) is 0. The molecule has 0 aliphatic carbocycles.